The number of rotatable bonds is 8. The third kappa shape index (κ3) is 5.67. The number of amides is 1. The maximum atomic E-state index is 12.2. The fourth-order valence-corrected chi connectivity index (χ4v) is 3.59. The topological polar surface area (TPSA) is 99.2 Å². The first kappa shape index (κ1) is 20.5. The van der Waals surface area contributed by atoms with Gasteiger partial charge in [0.1, 0.15) is 17.4 Å². The number of carbonyl (C=O) groups is 2. The van der Waals surface area contributed by atoms with Gasteiger partial charge in [-0.3, -0.25) is 9.48 Å². The number of nitrogens with one attached hydrogen (secondary N) is 1. The Bertz CT molecular complexity index is 1160. The Hall–Kier alpha value is -3.72. The Morgan fingerprint density at radius 2 is 2.03 bits per heavy atom. The fourth-order valence-electron chi connectivity index (χ4n) is 2.81. The van der Waals surface area contributed by atoms with E-state index in [1.54, 1.807) is 34.6 Å². The van der Waals surface area contributed by atoms with Gasteiger partial charge < -0.3 is 14.5 Å². The molecule has 0 spiro atoms. The summed E-state index contributed by atoms with van der Waals surface area (Å²) in [5.74, 6) is 0.00157. The second-order valence-electron chi connectivity index (χ2n) is 6.87. The highest BCUT2D eigenvalue weighted by molar-refractivity contribution is 7.09. The Balaban J connectivity index is 1.26. The van der Waals surface area contributed by atoms with Crippen LogP contribution in [0.4, 0.5) is 5.69 Å². The lowest BCUT2D eigenvalue weighted by atomic mass is 10.2. The van der Waals surface area contributed by atoms with Gasteiger partial charge in [0.05, 0.1) is 18.7 Å². The Labute approximate surface area is 182 Å². The molecule has 0 fully saturated rings. The van der Waals surface area contributed by atoms with Crippen molar-refractivity contribution in [1.82, 2.24) is 14.8 Å². The molecule has 3 aromatic heterocycles. The number of aryl methyl sites for hydroxylation is 1. The zero-order chi connectivity index (χ0) is 21.6. The minimum Gasteiger partial charge on any atom is -0.453 e. The summed E-state index contributed by atoms with van der Waals surface area (Å²) < 4.78 is 12.5. The van der Waals surface area contributed by atoms with Crippen LogP contribution in [-0.4, -0.2) is 26.6 Å². The van der Waals surface area contributed by atoms with Crippen molar-refractivity contribution in [3.05, 3.63) is 88.0 Å². The number of ether oxygens (including phenoxy) is 1. The van der Waals surface area contributed by atoms with Gasteiger partial charge in [0, 0.05) is 23.5 Å². The number of aromatic nitrogens is 3. The summed E-state index contributed by atoms with van der Waals surface area (Å²) in [5, 5.41) is 9.36. The van der Waals surface area contributed by atoms with Crippen molar-refractivity contribution < 1.29 is 18.7 Å². The van der Waals surface area contributed by atoms with Crippen molar-refractivity contribution in [2.24, 2.45) is 0 Å². The quantitative estimate of drug-likeness (QED) is 0.422. The summed E-state index contributed by atoms with van der Waals surface area (Å²) in [5.41, 5.74) is 2.45. The lowest BCUT2D eigenvalue weighted by Gasteiger charge is -2.04. The average molecular weight is 436 g/mol. The van der Waals surface area contributed by atoms with Gasteiger partial charge in [-0.2, -0.15) is 5.10 Å². The molecular formula is C22H20N4O4S. The monoisotopic (exact) mass is 436 g/mol. The Morgan fingerprint density at radius 1 is 1.19 bits per heavy atom. The predicted molar refractivity (Wildman–Crippen MR) is 115 cm³/mol. The highest BCUT2D eigenvalue weighted by atomic mass is 32.1. The number of hydrogen-bond donors (Lipinski definition) is 1. The molecule has 4 rings (SSSR count). The number of esters is 1. The summed E-state index contributed by atoms with van der Waals surface area (Å²) in [4.78, 5) is 28.8. The molecule has 0 atom stereocenters. The van der Waals surface area contributed by atoms with Crippen LogP contribution in [0.1, 0.15) is 32.6 Å². The van der Waals surface area contributed by atoms with Gasteiger partial charge >= 0.3 is 5.97 Å². The molecule has 0 aliphatic carbocycles. The van der Waals surface area contributed by atoms with Gasteiger partial charge in [-0.15, -0.1) is 11.3 Å². The minimum atomic E-state index is -0.571. The second kappa shape index (κ2) is 9.40. The van der Waals surface area contributed by atoms with E-state index in [0.717, 1.165) is 11.3 Å². The first-order valence-electron chi connectivity index (χ1n) is 9.58. The van der Waals surface area contributed by atoms with Crippen molar-refractivity contribution >= 4 is 28.9 Å². The van der Waals surface area contributed by atoms with E-state index in [0.29, 0.717) is 23.0 Å². The Morgan fingerprint density at radius 3 is 2.81 bits per heavy atom. The maximum absolute atomic E-state index is 12.2. The third-order valence-electron chi connectivity index (χ3n) is 4.34. The van der Waals surface area contributed by atoms with Crippen LogP contribution in [0, 0.1) is 6.92 Å². The smallest absolute Gasteiger partial charge is 0.374 e. The second-order valence-corrected chi connectivity index (χ2v) is 7.81. The standard InChI is InChI=1S/C22H20N4O4S/c1-15-3-5-16(6-4-15)24-20(27)11-21-25-17(14-31-21)13-29-22(28)19-8-7-18(30-19)12-26-10-2-9-23-26/h2-10,14H,11-13H2,1H3,(H,24,27). The molecular weight excluding hydrogens is 416 g/mol. The van der Waals surface area contributed by atoms with Crippen LogP contribution in [-0.2, 0) is 29.1 Å². The lowest BCUT2D eigenvalue weighted by molar-refractivity contribution is -0.115. The minimum absolute atomic E-state index is 0.00407. The summed E-state index contributed by atoms with van der Waals surface area (Å²) in [7, 11) is 0. The first-order valence-corrected chi connectivity index (χ1v) is 10.5. The van der Waals surface area contributed by atoms with E-state index in [1.807, 2.05) is 37.3 Å². The highest BCUT2D eigenvalue weighted by Crippen LogP contribution is 2.15. The van der Waals surface area contributed by atoms with E-state index in [9.17, 15) is 9.59 Å². The molecule has 3 heterocycles. The largest absolute Gasteiger partial charge is 0.453 e. The van der Waals surface area contributed by atoms with Crippen LogP contribution in [0.25, 0.3) is 0 Å². The van der Waals surface area contributed by atoms with Gasteiger partial charge in [0.25, 0.3) is 0 Å². The number of hydrogen-bond acceptors (Lipinski definition) is 7. The van der Waals surface area contributed by atoms with Crippen LogP contribution in [0.5, 0.6) is 0 Å². The van der Waals surface area contributed by atoms with Crippen LogP contribution < -0.4 is 5.32 Å². The molecule has 1 aromatic carbocycles. The summed E-state index contributed by atoms with van der Waals surface area (Å²) >= 11 is 1.35. The summed E-state index contributed by atoms with van der Waals surface area (Å²) in [6, 6.07) is 12.7. The molecule has 9 heteroatoms. The normalized spacial score (nSPS) is 10.7. The van der Waals surface area contributed by atoms with Crippen molar-refractivity contribution in [3.8, 4) is 0 Å². The van der Waals surface area contributed by atoms with Gasteiger partial charge in [-0.1, -0.05) is 17.7 Å². The van der Waals surface area contributed by atoms with Crippen LogP contribution in [0.3, 0.4) is 0 Å². The number of anilines is 1. The number of thiazole rings is 1. The first-order chi connectivity index (χ1) is 15.0. The molecule has 158 valence electrons. The van der Waals surface area contributed by atoms with Gasteiger partial charge in [0.2, 0.25) is 11.7 Å². The number of nitrogens with zero attached hydrogens (tertiary/aromatic N) is 3. The van der Waals surface area contributed by atoms with Crippen molar-refractivity contribution in [2.75, 3.05) is 5.32 Å². The van der Waals surface area contributed by atoms with E-state index < -0.39 is 5.97 Å². The SMILES string of the molecule is Cc1ccc(NC(=O)Cc2nc(COC(=O)c3ccc(Cn4cccn4)o3)cs2)cc1. The fraction of sp³-hybridized carbons (Fsp3) is 0.182. The third-order valence-corrected chi connectivity index (χ3v) is 5.24. The van der Waals surface area contributed by atoms with Crippen LogP contribution >= 0.6 is 11.3 Å². The van der Waals surface area contributed by atoms with Crippen LogP contribution in [0.2, 0.25) is 0 Å². The van der Waals surface area contributed by atoms with Gasteiger partial charge in [-0.05, 0) is 37.3 Å². The van der Waals surface area contributed by atoms with Crippen LogP contribution in [0.15, 0.2) is 64.7 Å². The van der Waals surface area contributed by atoms with E-state index in [4.69, 9.17) is 9.15 Å². The molecule has 8 nitrogen and oxygen atoms in total. The lowest BCUT2D eigenvalue weighted by Crippen LogP contribution is -2.14. The molecule has 1 amide bonds. The van der Waals surface area contributed by atoms with Gasteiger partial charge in [0.15, 0.2) is 0 Å². The van der Waals surface area contributed by atoms with E-state index in [2.05, 4.69) is 15.4 Å². The summed E-state index contributed by atoms with van der Waals surface area (Å²) in [6.07, 6.45) is 3.63. The van der Waals surface area contributed by atoms with E-state index in [-0.39, 0.29) is 24.7 Å². The molecule has 0 aliphatic heterocycles. The molecule has 0 bridgehead atoms. The average Bonchev–Trinajstić information content (AvgIpc) is 3.51. The molecule has 0 saturated carbocycles. The molecule has 31 heavy (non-hydrogen) atoms. The molecule has 0 unspecified atom stereocenters. The van der Waals surface area contributed by atoms with E-state index >= 15 is 0 Å². The maximum Gasteiger partial charge on any atom is 0.374 e. The Kier molecular flexibility index (Phi) is 6.23. The predicted octanol–water partition coefficient (Wildman–Crippen LogP) is 3.83. The van der Waals surface area contributed by atoms with Gasteiger partial charge in [-0.25, -0.2) is 9.78 Å². The van der Waals surface area contributed by atoms with Crippen molar-refractivity contribution in [3.63, 3.8) is 0 Å². The number of carbonyl (C=O) groups excluding carboxylic acids is 2. The molecule has 1 N–H and O–H groups in total. The molecule has 0 saturated heterocycles. The molecule has 0 aliphatic rings. The molecule has 4 aromatic rings. The van der Waals surface area contributed by atoms with E-state index in [1.165, 1.54) is 11.3 Å². The van der Waals surface area contributed by atoms with Crippen molar-refractivity contribution in [1.29, 1.82) is 0 Å². The highest BCUT2D eigenvalue weighted by Gasteiger charge is 2.15. The zero-order valence-corrected chi connectivity index (χ0v) is 17.6. The number of benzene rings is 1. The molecule has 0 radical (unpaired) electrons. The zero-order valence-electron chi connectivity index (χ0n) is 16.8. The van der Waals surface area contributed by atoms with Crippen molar-refractivity contribution in [2.45, 2.75) is 26.5 Å². The summed E-state index contributed by atoms with van der Waals surface area (Å²) in [6.45, 7) is 2.42. The number of furan rings is 1.